The lowest BCUT2D eigenvalue weighted by Gasteiger charge is -2.34. The zero-order chi connectivity index (χ0) is 9.20. The number of fused-ring (bicyclic) bond motifs is 2. The van der Waals surface area contributed by atoms with Gasteiger partial charge in [-0.25, -0.2) is 4.39 Å². The van der Waals surface area contributed by atoms with Gasteiger partial charge in [0.05, 0.1) is 0 Å². The summed E-state index contributed by atoms with van der Waals surface area (Å²) in [7, 11) is 0. The Morgan fingerprint density at radius 1 is 1.25 bits per heavy atom. The van der Waals surface area contributed by atoms with Crippen LogP contribution in [0.3, 0.4) is 0 Å². The fraction of sp³-hybridized carbons (Fsp3) is 0.900. The van der Waals surface area contributed by atoms with Crippen molar-refractivity contribution in [3.05, 3.63) is 0 Å². The largest absolute Gasteiger partial charge is 0.299 e. The maximum atomic E-state index is 14.1. The van der Waals surface area contributed by atoms with E-state index in [2.05, 4.69) is 0 Å². The Morgan fingerprint density at radius 3 is 2.00 bits per heavy atom. The summed E-state index contributed by atoms with van der Waals surface area (Å²) in [5.41, 5.74) is -2.04. The molecular weight excluding hydrogens is 155 g/mol. The number of alkyl halides is 1. The molecule has 2 saturated carbocycles. The Bertz CT molecular complexity index is 259. The number of hydrogen-bond donors (Lipinski definition) is 0. The summed E-state index contributed by atoms with van der Waals surface area (Å²) in [6, 6.07) is 0. The highest BCUT2D eigenvalue weighted by atomic mass is 19.1. The molecule has 2 heteroatoms. The number of ketones is 1. The number of halogens is 1. The van der Waals surface area contributed by atoms with Crippen LogP contribution in [-0.4, -0.2) is 11.5 Å². The molecule has 2 aliphatic carbocycles. The predicted molar refractivity (Wildman–Crippen MR) is 44.6 cm³/mol. The van der Waals surface area contributed by atoms with Crippen molar-refractivity contribution in [3.63, 3.8) is 0 Å². The third kappa shape index (κ3) is 0.560. The molecule has 0 saturated heterocycles. The van der Waals surface area contributed by atoms with Crippen molar-refractivity contribution in [1.82, 2.24) is 0 Å². The van der Waals surface area contributed by atoms with E-state index in [1.807, 2.05) is 20.8 Å². The molecule has 2 aliphatic rings. The van der Waals surface area contributed by atoms with E-state index < -0.39 is 11.1 Å². The van der Waals surface area contributed by atoms with Crippen molar-refractivity contribution >= 4 is 5.78 Å². The van der Waals surface area contributed by atoms with E-state index in [1.54, 1.807) is 0 Å². The Labute approximate surface area is 72.3 Å². The molecule has 2 rings (SSSR count). The second kappa shape index (κ2) is 1.75. The van der Waals surface area contributed by atoms with E-state index in [1.165, 1.54) is 0 Å². The van der Waals surface area contributed by atoms with Gasteiger partial charge in [0.1, 0.15) is 11.5 Å². The lowest BCUT2D eigenvalue weighted by Crippen LogP contribution is -2.36. The number of Topliss-reactive ketones (excluding diaryl/α,β-unsaturated/α-hetero) is 1. The molecule has 1 nitrogen and oxygen atoms in total. The van der Waals surface area contributed by atoms with Gasteiger partial charge < -0.3 is 0 Å². The van der Waals surface area contributed by atoms with Gasteiger partial charge in [-0.05, 0) is 12.8 Å². The molecule has 68 valence electrons. The first-order valence-electron chi connectivity index (χ1n) is 4.56. The minimum absolute atomic E-state index is 0.126. The molecule has 0 aromatic rings. The lowest BCUT2D eigenvalue weighted by molar-refractivity contribution is -0.128. The minimum atomic E-state index is -1.21. The monoisotopic (exact) mass is 170 g/mol. The van der Waals surface area contributed by atoms with Gasteiger partial charge in [0.2, 0.25) is 0 Å². The summed E-state index contributed by atoms with van der Waals surface area (Å²) in [4.78, 5) is 11.5. The van der Waals surface area contributed by atoms with E-state index in [4.69, 9.17) is 0 Å². The van der Waals surface area contributed by atoms with Crippen molar-refractivity contribution in [2.24, 2.45) is 10.8 Å². The van der Waals surface area contributed by atoms with Crippen LogP contribution in [0.15, 0.2) is 0 Å². The normalized spacial score (nSPS) is 50.2. The van der Waals surface area contributed by atoms with Crippen molar-refractivity contribution < 1.29 is 9.18 Å². The van der Waals surface area contributed by atoms with Crippen molar-refractivity contribution in [3.8, 4) is 0 Å². The van der Waals surface area contributed by atoms with Gasteiger partial charge in [-0.2, -0.15) is 0 Å². The maximum absolute atomic E-state index is 14.1. The molecule has 0 aromatic carbocycles. The summed E-state index contributed by atoms with van der Waals surface area (Å²) in [5, 5.41) is 0. The Kier molecular flexibility index (Phi) is 1.20. The standard InChI is InChI=1S/C10H15FO/c1-8(2)9(3)4-5-10(8,11)6-7(9)12/h4-6H2,1-3H3. The van der Waals surface area contributed by atoms with E-state index in [9.17, 15) is 9.18 Å². The van der Waals surface area contributed by atoms with Gasteiger partial charge in [0.15, 0.2) is 0 Å². The molecule has 0 heterocycles. The smallest absolute Gasteiger partial charge is 0.142 e. The summed E-state index contributed by atoms with van der Waals surface area (Å²) in [6.45, 7) is 5.71. The van der Waals surface area contributed by atoms with Gasteiger partial charge in [0, 0.05) is 17.3 Å². The van der Waals surface area contributed by atoms with E-state index in [0.29, 0.717) is 6.42 Å². The molecule has 12 heavy (non-hydrogen) atoms. The number of carbonyl (C=O) groups is 1. The highest BCUT2D eigenvalue weighted by Gasteiger charge is 2.70. The van der Waals surface area contributed by atoms with Gasteiger partial charge in [-0.15, -0.1) is 0 Å². The van der Waals surface area contributed by atoms with Gasteiger partial charge in [-0.3, -0.25) is 4.79 Å². The fourth-order valence-corrected chi connectivity index (χ4v) is 2.81. The first-order chi connectivity index (χ1) is 5.33. The third-order valence-corrected chi connectivity index (χ3v) is 4.58. The first-order valence-corrected chi connectivity index (χ1v) is 4.56. The van der Waals surface area contributed by atoms with Crippen molar-refractivity contribution in [2.45, 2.75) is 45.7 Å². The van der Waals surface area contributed by atoms with Gasteiger partial charge >= 0.3 is 0 Å². The quantitative estimate of drug-likeness (QED) is 0.546. The number of hydrogen-bond acceptors (Lipinski definition) is 1. The van der Waals surface area contributed by atoms with E-state index in [-0.39, 0.29) is 17.6 Å². The first kappa shape index (κ1) is 8.21. The second-order valence-electron chi connectivity index (χ2n) is 5.02. The topological polar surface area (TPSA) is 17.1 Å². The Hall–Kier alpha value is -0.400. The Balaban J connectivity index is 2.56. The molecule has 0 radical (unpaired) electrons. The highest BCUT2D eigenvalue weighted by molar-refractivity contribution is 5.90. The van der Waals surface area contributed by atoms with Crippen LogP contribution in [0.2, 0.25) is 0 Å². The third-order valence-electron chi connectivity index (χ3n) is 4.58. The summed E-state index contributed by atoms with van der Waals surface area (Å²) >= 11 is 0. The molecule has 0 aromatic heterocycles. The highest BCUT2D eigenvalue weighted by Crippen LogP contribution is 2.67. The summed E-state index contributed by atoms with van der Waals surface area (Å²) < 4.78 is 14.1. The molecular formula is C10H15FO. The summed E-state index contributed by atoms with van der Waals surface area (Å²) in [5.74, 6) is 0.126. The van der Waals surface area contributed by atoms with Crippen LogP contribution in [0, 0.1) is 10.8 Å². The Morgan fingerprint density at radius 2 is 1.83 bits per heavy atom. The lowest BCUT2D eigenvalue weighted by atomic mass is 9.70. The van der Waals surface area contributed by atoms with Crippen LogP contribution < -0.4 is 0 Å². The molecule has 0 spiro atoms. The van der Waals surface area contributed by atoms with Crippen LogP contribution in [-0.2, 0) is 4.79 Å². The molecule has 2 unspecified atom stereocenters. The maximum Gasteiger partial charge on any atom is 0.142 e. The predicted octanol–water partition coefficient (Wildman–Crippen LogP) is 2.49. The molecule has 0 N–H and O–H groups in total. The molecule has 2 fully saturated rings. The van der Waals surface area contributed by atoms with Gasteiger partial charge in [-0.1, -0.05) is 20.8 Å². The molecule has 0 aliphatic heterocycles. The minimum Gasteiger partial charge on any atom is -0.299 e. The fourth-order valence-electron chi connectivity index (χ4n) is 2.81. The van der Waals surface area contributed by atoms with Crippen LogP contribution in [0.5, 0.6) is 0 Å². The van der Waals surface area contributed by atoms with E-state index in [0.717, 1.165) is 6.42 Å². The number of rotatable bonds is 0. The molecule has 2 atom stereocenters. The average molecular weight is 170 g/mol. The zero-order valence-electron chi connectivity index (χ0n) is 7.91. The zero-order valence-corrected chi connectivity index (χ0v) is 7.91. The SMILES string of the molecule is CC12CCC(F)(CC1=O)C2(C)C. The van der Waals surface area contributed by atoms with Crippen LogP contribution >= 0.6 is 0 Å². The van der Waals surface area contributed by atoms with Gasteiger partial charge in [0.25, 0.3) is 0 Å². The number of carbonyl (C=O) groups excluding carboxylic acids is 1. The van der Waals surface area contributed by atoms with Crippen LogP contribution in [0.1, 0.15) is 40.0 Å². The molecule has 0 amide bonds. The van der Waals surface area contributed by atoms with Crippen LogP contribution in [0.4, 0.5) is 4.39 Å². The van der Waals surface area contributed by atoms with E-state index >= 15 is 0 Å². The van der Waals surface area contributed by atoms with Crippen LogP contribution in [0.25, 0.3) is 0 Å². The van der Waals surface area contributed by atoms with Crippen molar-refractivity contribution in [2.75, 3.05) is 0 Å². The summed E-state index contributed by atoms with van der Waals surface area (Å²) in [6.07, 6.45) is 1.45. The average Bonchev–Trinajstić information content (AvgIpc) is 2.18. The van der Waals surface area contributed by atoms with Crippen molar-refractivity contribution in [1.29, 1.82) is 0 Å². The molecule has 2 bridgehead atoms. The second-order valence-corrected chi connectivity index (χ2v) is 5.02.